The Hall–Kier alpha value is -1.61. The predicted octanol–water partition coefficient (Wildman–Crippen LogP) is 2.13. The molecule has 2 heterocycles. The van der Waals surface area contributed by atoms with Crippen molar-refractivity contribution in [1.82, 2.24) is 4.90 Å². The van der Waals surface area contributed by atoms with Gasteiger partial charge in [0, 0.05) is 12.6 Å². The number of ether oxygens (including phenoxy) is 1. The lowest BCUT2D eigenvalue weighted by atomic mass is 10.1. The van der Waals surface area contributed by atoms with E-state index in [2.05, 4.69) is 12.1 Å². The summed E-state index contributed by atoms with van der Waals surface area (Å²) in [5.41, 5.74) is 2.32. The lowest BCUT2D eigenvalue weighted by Crippen LogP contribution is -2.29. The molecule has 1 amide bonds. The fraction of sp³-hybridized carbons (Fsp3) is 0.400. The second-order valence-electron chi connectivity index (χ2n) is 4.89. The van der Waals surface area contributed by atoms with Crippen molar-refractivity contribution < 1.29 is 9.53 Å². The highest BCUT2D eigenvalue weighted by Crippen LogP contribution is 2.29. The molecule has 0 unspecified atom stereocenters. The van der Waals surface area contributed by atoms with Gasteiger partial charge in [-0.2, -0.15) is 0 Å². The minimum atomic E-state index is 0.163. The van der Waals surface area contributed by atoms with Crippen molar-refractivity contribution in [2.24, 2.45) is 0 Å². The van der Waals surface area contributed by atoms with E-state index in [1.54, 1.807) is 6.08 Å². The van der Waals surface area contributed by atoms with Crippen LogP contribution in [0.2, 0.25) is 0 Å². The third kappa shape index (κ3) is 2.18. The lowest BCUT2D eigenvalue weighted by Gasteiger charge is -2.18. The first kappa shape index (κ1) is 11.5. The molecule has 0 N–H and O–H groups in total. The summed E-state index contributed by atoms with van der Waals surface area (Å²) < 4.78 is 5.71. The van der Waals surface area contributed by atoms with Crippen molar-refractivity contribution in [1.29, 1.82) is 0 Å². The van der Waals surface area contributed by atoms with Crippen LogP contribution in [-0.2, 0) is 16.1 Å². The van der Waals surface area contributed by atoms with Crippen LogP contribution < -0.4 is 0 Å². The van der Waals surface area contributed by atoms with E-state index in [0.29, 0.717) is 19.3 Å². The van der Waals surface area contributed by atoms with Crippen LogP contribution in [0.4, 0.5) is 0 Å². The number of hydrogen-bond donors (Lipinski definition) is 0. The summed E-state index contributed by atoms with van der Waals surface area (Å²) in [7, 11) is 0. The van der Waals surface area contributed by atoms with Gasteiger partial charge in [0.15, 0.2) is 0 Å². The summed E-state index contributed by atoms with van der Waals surface area (Å²) in [4.78, 5) is 13.7. The molecule has 2 aliphatic heterocycles. The second kappa shape index (κ2) is 4.94. The van der Waals surface area contributed by atoms with Gasteiger partial charge in [-0.25, -0.2) is 0 Å². The van der Waals surface area contributed by atoms with E-state index in [4.69, 9.17) is 4.74 Å². The number of carbonyl (C=O) groups is 1. The topological polar surface area (TPSA) is 29.5 Å². The van der Waals surface area contributed by atoms with Gasteiger partial charge in [0.1, 0.15) is 0 Å². The smallest absolute Gasteiger partial charge is 0.247 e. The Kier molecular flexibility index (Phi) is 3.15. The molecule has 0 saturated carbocycles. The van der Waals surface area contributed by atoms with E-state index in [9.17, 15) is 4.79 Å². The van der Waals surface area contributed by atoms with Gasteiger partial charge in [0.05, 0.1) is 19.3 Å². The van der Waals surface area contributed by atoms with E-state index < -0.39 is 0 Å². The summed E-state index contributed by atoms with van der Waals surface area (Å²) in [6.45, 7) is 2.09. The van der Waals surface area contributed by atoms with Crippen molar-refractivity contribution in [2.45, 2.75) is 25.5 Å². The summed E-state index contributed by atoms with van der Waals surface area (Å²) in [6.07, 6.45) is 3.97. The van der Waals surface area contributed by atoms with Crippen LogP contribution >= 0.6 is 0 Å². The molecule has 1 saturated heterocycles. The Bertz CT molecular complexity index is 467. The molecule has 3 rings (SSSR count). The van der Waals surface area contributed by atoms with Crippen LogP contribution in [0.3, 0.4) is 0 Å². The average Bonchev–Trinajstić information content (AvgIpc) is 2.97. The first-order valence-corrected chi connectivity index (χ1v) is 6.47. The largest absolute Gasteiger partial charge is 0.372 e. The molecule has 1 aromatic rings. The highest BCUT2D eigenvalue weighted by Gasteiger charge is 2.35. The van der Waals surface area contributed by atoms with Crippen molar-refractivity contribution in [2.75, 3.05) is 13.2 Å². The van der Waals surface area contributed by atoms with Gasteiger partial charge in [-0.05, 0) is 24.0 Å². The maximum absolute atomic E-state index is 11.7. The number of hydrogen-bond acceptors (Lipinski definition) is 2. The molecule has 1 atom stereocenters. The SMILES string of the molecule is O=C1C=C(COCc2ccccc2)[C@@H]2CCCN12. The molecular weight excluding hydrogens is 226 g/mol. The standard InChI is InChI=1S/C15H17NO2/c17-15-9-13(14-7-4-8-16(14)15)11-18-10-12-5-2-1-3-6-12/h1-3,5-6,9,14H,4,7-8,10-11H2/t14-/m0/s1. The molecule has 0 spiro atoms. The highest BCUT2D eigenvalue weighted by molar-refractivity contribution is 5.92. The highest BCUT2D eigenvalue weighted by atomic mass is 16.5. The quantitative estimate of drug-likeness (QED) is 0.810. The number of benzene rings is 1. The van der Waals surface area contributed by atoms with E-state index in [-0.39, 0.29) is 5.91 Å². The van der Waals surface area contributed by atoms with Crippen molar-refractivity contribution in [3.8, 4) is 0 Å². The van der Waals surface area contributed by atoms with Crippen molar-refractivity contribution in [3.05, 3.63) is 47.5 Å². The second-order valence-corrected chi connectivity index (χ2v) is 4.89. The third-order valence-corrected chi connectivity index (χ3v) is 3.65. The van der Waals surface area contributed by atoms with Gasteiger partial charge in [0.2, 0.25) is 5.91 Å². The Morgan fingerprint density at radius 3 is 2.89 bits per heavy atom. The van der Waals surface area contributed by atoms with E-state index in [1.807, 2.05) is 23.1 Å². The molecular formula is C15H17NO2. The summed E-state index contributed by atoms with van der Waals surface area (Å²) in [6, 6.07) is 10.4. The van der Waals surface area contributed by atoms with Crippen LogP contribution in [0.15, 0.2) is 42.0 Å². The molecule has 3 heteroatoms. The fourth-order valence-electron chi connectivity index (χ4n) is 2.75. The zero-order chi connectivity index (χ0) is 12.4. The van der Waals surface area contributed by atoms with Crippen LogP contribution in [0.5, 0.6) is 0 Å². The van der Waals surface area contributed by atoms with Gasteiger partial charge in [-0.15, -0.1) is 0 Å². The summed E-state index contributed by atoms with van der Waals surface area (Å²) in [5.74, 6) is 0.163. The Balaban J connectivity index is 1.55. The molecule has 0 bridgehead atoms. The molecule has 2 aliphatic rings. The molecule has 1 fully saturated rings. The molecule has 1 aromatic carbocycles. The Labute approximate surface area is 107 Å². The van der Waals surface area contributed by atoms with Crippen LogP contribution in [0.1, 0.15) is 18.4 Å². The molecule has 18 heavy (non-hydrogen) atoms. The Morgan fingerprint density at radius 1 is 1.22 bits per heavy atom. The normalized spacial score (nSPS) is 22.2. The van der Waals surface area contributed by atoms with Crippen LogP contribution in [0.25, 0.3) is 0 Å². The minimum absolute atomic E-state index is 0.163. The molecule has 0 aromatic heterocycles. The average molecular weight is 243 g/mol. The zero-order valence-corrected chi connectivity index (χ0v) is 10.3. The lowest BCUT2D eigenvalue weighted by molar-refractivity contribution is -0.124. The Morgan fingerprint density at radius 2 is 2.06 bits per heavy atom. The van der Waals surface area contributed by atoms with Gasteiger partial charge >= 0.3 is 0 Å². The number of fused-ring (bicyclic) bond motifs is 1. The van der Waals surface area contributed by atoms with Gasteiger partial charge < -0.3 is 9.64 Å². The third-order valence-electron chi connectivity index (χ3n) is 3.65. The summed E-state index contributed by atoms with van der Waals surface area (Å²) >= 11 is 0. The van der Waals surface area contributed by atoms with E-state index >= 15 is 0 Å². The monoisotopic (exact) mass is 243 g/mol. The van der Waals surface area contributed by atoms with Crippen LogP contribution in [-0.4, -0.2) is 30.0 Å². The van der Waals surface area contributed by atoms with Gasteiger partial charge in [0.25, 0.3) is 0 Å². The molecule has 0 radical (unpaired) electrons. The fourth-order valence-corrected chi connectivity index (χ4v) is 2.75. The summed E-state index contributed by atoms with van der Waals surface area (Å²) in [5, 5.41) is 0. The van der Waals surface area contributed by atoms with E-state index in [1.165, 1.54) is 5.56 Å². The molecule has 3 nitrogen and oxygen atoms in total. The number of amides is 1. The van der Waals surface area contributed by atoms with Gasteiger partial charge in [-0.3, -0.25) is 4.79 Å². The van der Waals surface area contributed by atoms with Crippen molar-refractivity contribution >= 4 is 5.91 Å². The van der Waals surface area contributed by atoms with E-state index in [0.717, 1.165) is 25.0 Å². The molecule has 0 aliphatic carbocycles. The van der Waals surface area contributed by atoms with Crippen LogP contribution in [0, 0.1) is 0 Å². The van der Waals surface area contributed by atoms with Gasteiger partial charge in [-0.1, -0.05) is 30.3 Å². The first-order valence-electron chi connectivity index (χ1n) is 6.47. The first-order chi connectivity index (χ1) is 8.84. The minimum Gasteiger partial charge on any atom is -0.372 e. The number of rotatable bonds is 4. The molecule has 94 valence electrons. The zero-order valence-electron chi connectivity index (χ0n) is 10.3. The maximum Gasteiger partial charge on any atom is 0.247 e. The number of nitrogens with zero attached hydrogens (tertiary/aromatic N) is 1. The number of carbonyl (C=O) groups excluding carboxylic acids is 1. The van der Waals surface area contributed by atoms with Crippen molar-refractivity contribution in [3.63, 3.8) is 0 Å². The predicted molar refractivity (Wildman–Crippen MR) is 68.9 cm³/mol. The maximum atomic E-state index is 11.7.